The van der Waals surface area contributed by atoms with Gasteiger partial charge in [0.1, 0.15) is 7.85 Å². The molecule has 1 heterocycles. The zero-order chi connectivity index (χ0) is 11.4. The Kier molecular flexibility index (Phi) is 3.77. The molecule has 1 rings (SSSR count). The van der Waals surface area contributed by atoms with E-state index in [1.165, 1.54) is 0 Å². The summed E-state index contributed by atoms with van der Waals surface area (Å²) in [6, 6.07) is 3.72. The lowest BCUT2D eigenvalue weighted by Gasteiger charge is -2.17. The van der Waals surface area contributed by atoms with Gasteiger partial charge in [-0.15, -0.1) is 0 Å². The Morgan fingerprint density at radius 2 is 2.20 bits per heavy atom. The second-order valence-electron chi connectivity index (χ2n) is 3.68. The van der Waals surface area contributed by atoms with Crippen LogP contribution in [0.4, 0.5) is 5.69 Å². The van der Waals surface area contributed by atoms with Crippen LogP contribution in [0.25, 0.3) is 0 Å². The fraction of sp³-hybridized carbons (Fsp3) is 0.364. The van der Waals surface area contributed by atoms with Gasteiger partial charge in [-0.3, -0.25) is 4.98 Å². The highest BCUT2D eigenvalue weighted by Gasteiger charge is 2.00. The van der Waals surface area contributed by atoms with Crippen LogP contribution in [-0.4, -0.2) is 38.4 Å². The summed E-state index contributed by atoms with van der Waals surface area (Å²) in [5, 5.41) is 3.26. The van der Waals surface area contributed by atoms with Crippen LogP contribution >= 0.6 is 0 Å². The lowest BCUT2D eigenvalue weighted by Crippen LogP contribution is -2.19. The van der Waals surface area contributed by atoms with Gasteiger partial charge in [-0.1, -0.05) is 6.58 Å². The van der Waals surface area contributed by atoms with Gasteiger partial charge >= 0.3 is 0 Å². The summed E-state index contributed by atoms with van der Waals surface area (Å²) in [7, 11) is 9.51. The van der Waals surface area contributed by atoms with Gasteiger partial charge < -0.3 is 10.2 Å². The third-order valence-electron chi connectivity index (χ3n) is 2.22. The monoisotopic (exact) mass is 201 g/mol. The van der Waals surface area contributed by atoms with Crippen molar-refractivity contribution in [2.75, 3.05) is 26.0 Å². The summed E-state index contributed by atoms with van der Waals surface area (Å²) < 4.78 is 0. The highest BCUT2D eigenvalue weighted by atomic mass is 15.1. The van der Waals surface area contributed by atoms with E-state index in [2.05, 4.69) is 16.9 Å². The SMILES string of the molecule is [B]c1ccc(NCC(=C)N(C)C)c(C)n1. The van der Waals surface area contributed by atoms with Gasteiger partial charge in [0.2, 0.25) is 0 Å². The van der Waals surface area contributed by atoms with Gasteiger partial charge in [0.15, 0.2) is 0 Å². The summed E-state index contributed by atoms with van der Waals surface area (Å²) in [4.78, 5) is 6.15. The van der Waals surface area contributed by atoms with Gasteiger partial charge in [0, 0.05) is 19.8 Å². The molecule has 1 aromatic heterocycles. The molecule has 0 amide bonds. The molecule has 15 heavy (non-hydrogen) atoms. The van der Waals surface area contributed by atoms with E-state index in [4.69, 9.17) is 7.85 Å². The number of aryl methyl sites for hydroxylation is 1. The van der Waals surface area contributed by atoms with Crippen LogP contribution < -0.4 is 10.9 Å². The van der Waals surface area contributed by atoms with Crippen LogP contribution in [0.15, 0.2) is 24.4 Å². The Morgan fingerprint density at radius 3 is 2.73 bits per heavy atom. The minimum Gasteiger partial charge on any atom is -0.380 e. The number of nitrogens with one attached hydrogen (secondary N) is 1. The highest BCUT2D eigenvalue weighted by molar-refractivity contribution is 6.30. The van der Waals surface area contributed by atoms with Crippen molar-refractivity contribution in [3.63, 3.8) is 0 Å². The molecule has 3 nitrogen and oxygen atoms in total. The first kappa shape index (κ1) is 11.6. The van der Waals surface area contributed by atoms with E-state index in [1.807, 2.05) is 32.0 Å². The molecule has 0 saturated heterocycles. The van der Waals surface area contributed by atoms with E-state index in [0.29, 0.717) is 12.1 Å². The molecule has 0 bridgehead atoms. The minimum atomic E-state index is 0.546. The largest absolute Gasteiger partial charge is 0.380 e. The predicted molar refractivity (Wildman–Crippen MR) is 65.7 cm³/mol. The maximum absolute atomic E-state index is 5.57. The Labute approximate surface area is 92.6 Å². The minimum absolute atomic E-state index is 0.546. The van der Waals surface area contributed by atoms with Gasteiger partial charge in [-0.25, -0.2) is 0 Å². The molecule has 0 atom stereocenters. The van der Waals surface area contributed by atoms with Crippen molar-refractivity contribution in [1.82, 2.24) is 9.88 Å². The molecule has 0 aromatic carbocycles. The number of rotatable bonds is 4. The van der Waals surface area contributed by atoms with E-state index in [-0.39, 0.29) is 0 Å². The van der Waals surface area contributed by atoms with Crippen LogP contribution in [0.1, 0.15) is 5.69 Å². The molecule has 0 unspecified atom stereocenters. The molecule has 0 fully saturated rings. The van der Waals surface area contributed by atoms with Gasteiger partial charge in [-0.2, -0.15) is 0 Å². The number of likely N-dealkylation sites (N-methyl/N-ethyl adjacent to an activating group) is 1. The molecular formula is C11H16BN3. The first-order valence-electron chi connectivity index (χ1n) is 4.83. The van der Waals surface area contributed by atoms with Crippen molar-refractivity contribution in [3.8, 4) is 0 Å². The smallest absolute Gasteiger partial charge is 0.141 e. The molecule has 78 valence electrons. The Balaban J connectivity index is 2.62. The third-order valence-corrected chi connectivity index (χ3v) is 2.22. The molecule has 0 aliphatic rings. The number of aromatic nitrogens is 1. The number of nitrogens with zero attached hydrogens (tertiary/aromatic N) is 2. The predicted octanol–water partition coefficient (Wildman–Crippen LogP) is 0.671. The second-order valence-corrected chi connectivity index (χ2v) is 3.68. The molecular weight excluding hydrogens is 185 g/mol. The number of anilines is 1. The van der Waals surface area contributed by atoms with Crippen molar-refractivity contribution in [1.29, 1.82) is 0 Å². The van der Waals surface area contributed by atoms with Crippen LogP contribution in [0.2, 0.25) is 0 Å². The Morgan fingerprint density at radius 1 is 1.53 bits per heavy atom. The van der Waals surface area contributed by atoms with Crippen molar-refractivity contribution in [2.24, 2.45) is 0 Å². The Bertz CT molecular complexity index is 361. The maximum atomic E-state index is 5.57. The number of hydrogen-bond acceptors (Lipinski definition) is 3. The van der Waals surface area contributed by atoms with E-state index in [1.54, 1.807) is 6.07 Å². The first-order valence-corrected chi connectivity index (χ1v) is 4.83. The van der Waals surface area contributed by atoms with E-state index in [9.17, 15) is 0 Å². The third kappa shape index (κ3) is 3.31. The summed E-state index contributed by atoms with van der Waals surface area (Å²) in [5.41, 5.74) is 3.46. The summed E-state index contributed by atoms with van der Waals surface area (Å²) >= 11 is 0. The Hall–Kier alpha value is -1.45. The average Bonchev–Trinajstić information content (AvgIpc) is 2.15. The fourth-order valence-corrected chi connectivity index (χ4v) is 1.12. The summed E-state index contributed by atoms with van der Waals surface area (Å²) in [6.45, 7) is 6.57. The lowest BCUT2D eigenvalue weighted by molar-refractivity contribution is 0.509. The molecule has 0 saturated carbocycles. The van der Waals surface area contributed by atoms with Crippen molar-refractivity contribution in [3.05, 3.63) is 30.1 Å². The van der Waals surface area contributed by atoms with Gasteiger partial charge in [-0.05, 0) is 24.6 Å². The van der Waals surface area contributed by atoms with E-state index < -0.39 is 0 Å². The van der Waals surface area contributed by atoms with Crippen LogP contribution in [-0.2, 0) is 0 Å². The average molecular weight is 201 g/mol. The standard InChI is InChI=1S/C11H16BN3/c1-8(15(3)4)7-13-10-5-6-11(12)14-9(10)2/h5-6,13H,1,7H2,2-4H3. The number of hydrogen-bond donors (Lipinski definition) is 1. The molecule has 1 aromatic rings. The summed E-state index contributed by atoms with van der Waals surface area (Å²) in [5.74, 6) is 0. The van der Waals surface area contributed by atoms with E-state index >= 15 is 0 Å². The zero-order valence-corrected chi connectivity index (χ0v) is 9.54. The van der Waals surface area contributed by atoms with Crippen LogP contribution in [0.3, 0.4) is 0 Å². The molecule has 0 aliphatic carbocycles. The fourth-order valence-electron chi connectivity index (χ4n) is 1.12. The maximum Gasteiger partial charge on any atom is 0.141 e. The first-order chi connectivity index (χ1) is 7.00. The van der Waals surface area contributed by atoms with Gasteiger partial charge in [0.25, 0.3) is 0 Å². The highest BCUT2D eigenvalue weighted by Crippen LogP contribution is 2.09. The summed E-state index contributed by atoms with van der Waals surface area (Å²) in [6.07, 6.45) is 0. The lowest BCUT2D eigenvalue weighted by atomic mass is 10.0. The normalized spacial score (nSPS) is 9.80. The van der Waals surface area contributed by atoms with Crippen LogP contribution in [0.5, 0.6) is 0 Å². The van der Waals surface area contributed by atoms with Crippen molar-refractivity contribution < 1.29 is 0 Å². The zero-order valence-electron chi connectivity index (χ0n) is 9.54. The molecule has 4 heteroatoms. The molecule has 2 radical (unpaired) electrons. The quantitative estimate of drug-likeness (QED) is 0.725. The molecule has 1 N–H and O–H groups in total. The second kappa shape index (κ2) is 4.87. The van der Waals surface area contributed by atoms with Crippen molar-refractivity contribution >= 4 is 19.1 Å². The van der Waals surface area contributed by atoms with Crippen molar-refractivity contribution in [2.45, 2.75) is 6.92 Å². The molecule has 0 aliphatic heterocycles. The van der Waals surface area contributed by atoms with Crippen LogP contribution in [0, 0.1) is 6.92 Å². The number of pyridine rings is 1. The van der Waals surface area contributed by atoms with Gasteiger partial charge in [0.05, 0.1) is 17.9 Å². The van der Waals surface area contributed by atoms with E-state index in [0.717, 1.165) is 17.1 Å². The molecule has 0 spiro atoms. The topological polar surface area (TPSA) is 28.2 Å².